The molecule has 0 amide bonds. The molecule has 0 spiro atoms. The van der Waals surface area contributed by atoms with Crippen molar-refractivity contribution in [3.8, 4) is 23.1 Å². The van der Waals surface area contributed by atoms with Gasteiger partial charge in [-0.15, -0.1) is 10.2 Å². The van der Waals surface area contributed by atoms with E-state index in [0.717, 1.165) is 5.56 Å². The van der Waals surface area contributed by atoms with Gasteiger partial charge in [0.05, 0.1) is 0 Å². The molecule has 23 heavy (non-hydrogen) atoms. The maximum atomic E-state index is 9.68. The first kappa shape index (κ1) is 15.1. The Balaban J connectivity index is 1.63. The first-order valence-corrected chi connectivity index (χ1v) is 7.25. The molecule has 0 fully saturated rings. The van der Waals surface area contributed by atoms with Gasteiger partial charge in [-0.2, -0.15) is 0 Å². The Labute approximate surface area is 138 Å². The van der Waals surface area contributed by atoms with Crippen molar-refractivity contribution >= 4 is 11.6 Å². The van der Waals surface area contributed by atoms with E-state index in [-0.39, 0.29) is 16.8 Å². The number of aromatic nitrogens is 2. The van der Waals surface area contributed by atoms with E-state index in [1.165, 1.54) is 6.07 Å². The highest BCUT2D eigenvalue weighted by atomic mass is 35.5. The highest BCUT2D eigenvalue weighted by molar-refractivity contribution is 6.29. The van der Waals surface area contributed by atoms with Crippen LogP contribution in [0.3, 0.4) is 0 Å². The third-order valence-corrected chi connectivity index (χ3v) is 3.18. The van der Waals surface area contributed by atoms with E-state index in [4.69, 9.17) is 21.1 Å². The summed E-state index contributed by atoms with van der Waals surface area (Å²) in [7, 11) is 0. The van der Waals surface area contributed by atoms with Crippen LogP contribution in [0.5, 0.6) is 23.1 Å². The van der Waals surface area contributed by atoms with Crippen molar-refractivity contribution < 1.29 is 14.6 Å². The van der Waals surface area contributed by atoms with Crippen molar-refractivity contribution in [1.29, 1.82) is 0 Å². The highest BCUT2D eigenvalue weighted by Crippen LogP contribution is 2.29. The summed E-state index contributed by atoms with van der Waals surface area (Å²) >= 11 is 5.62. The Morgan fingerprint density at radius 3 is 2.30 bits per heavy atom. The van der Waals surface area contributed by atoms with Crippen LogP contribution in [0, 0.1) is 0 Å². The summed E-state index contributed by atoms with van der Waals surface area (Å²) in [5, 5.41) is 17.1. The molecule has 3 aromatic rings. The number of rotatable bonds is 5. The van der Waals surface area contributed by atoms with Crippen molar-refractivity contribution in [2.24, 2.45) is 0 Å². The van der Waals surface area contributed by atoms with E-state index in [0.29, 0.717) is 18.1 Å². The molecule has 6 heteroatoms. The normalized spacial score (nSPS) is 10.3. The maximum absolute atomic E-state index is 9.68. The van der Waals surface area contributed by atoms with Gasteiger partial charge in [-0.1, -0.05) is 41.9 Å². The Hall–Kier alpha value is -2.79. The molecular weight excluding hydrogens is 316 g/mol. The fourth-order valence-electron chi connectivity index (χ4n) is 1.88. The van der Waals surface area contributed by atoms with Gasteiger partial charge in [0.1, 0.15) is 18.1 Å². The fourth-order valence-corrected chi connectivity index (χ4v) is 2.02. The van der Waals surface area contributed by atoms with E-state index in [1.54, 1.807) is 24.3 Å². The van der Waals surface area contributed by atoms with E-state index >= 15 is 0 Å². The molecule has 0 unspecified atom stereocenters. The summed E-state index contributed by atoms with van der Waals surface area (Å²) in [6.07, 6.45) is 0. The van der Waals surface area contributed by atoms with Gasteiger partial charge in [0.2, 0.25) is 0 Å². The summed E-state index contributed by atoms with van der Waals surface area (Å²) in [4.78, 5) is 0. The number of benzene rings is 2. The molecule has 116 valence electrons. The molecule has 0 aliphatic rings. The number of hydrogen-bond donors (Lipinski definition) is 1. The minimum absolute atomic E-state index is 0.00708. The lowest BCUT2D eigenvalue weighted by atomic mass is 10.2. The van der Waals surface area contributed by atoms with Gasteiger partial charge in [0.15, 0.2) is 10.9 Å². The number of hydrogen-bond acceptors (Lipinski definition) is 5. The smallest absolute Gasteiger partial charge is 0.281 e. The van der Waals surface area contributed by atoms with E-state index in [1.807, 2.05) is 30.3 Å². The number of ether oxygens (including phenoxy) is 2. The summed E-state index contributed by atoms with van der Waals surface area (Å²) in [5.41, 5.74) is 1.09. The highest BCUT2D eigenvalue weighted by Gasteiger charge is 2.08. The second-order valence-corrected chi connectivity index (χ2v) is 5.09. The van der Waals surface area contributed by atoms with Gasteiger partial charge < -0.3 is 14.6 Å². The second-order valence-electron chi connectivity index (χ2n) is 4.71. The van der Waals surface area contributed by atoms with Crippen LogP contribution < -0.4 is 9.47 Å². The SMILES string of the molecule is Oc1cc(Cl)nnc1Oc1ccc(OCc2ccccc2)cc1. The van der Waals surface area contributed by atoms with Gasteiger partial charge in [-0.05, 0) is 29.8 Å². The van der Waals surface area contributed by atoms with E-state index in [9.17, 15) is 5.11 Å². The van der Waals surface area contributed by atoms with Crippen molar-refractivity contribution in [3.05, 3.63) is 71.4 Å². The third-order valence-electron chi connectivity index (χ3n) is 3.00. The van der Waals surface area contributed by atoms with Gasteiger partial charge in [-0.3, -0.25) is 0 Å². The zero-order valence-corrected chi connectivity index (χ0v) is 12.8. The van der Waals surface area contributed by atoms with Crippen LogP contribution in [0.4, 0.5) is 0 Å². The molecule has 0 radical (unpaired) electrons. The third kappa shape index (κ3) is 4.11. The molecule has 0 saturated carbocycles. The number of halogens is 1. The van der Waals surface area contributed by atoms with Gasteiger partial charge in [-0.25, -0.2) is 0 Å². The fraction of sp³-hybridized carbons (Fsp3) is 0.0588. The molecule has 0 bridgehead atoms. The molecule has 0 aliphatic carbocycles. The Morgan fingerprint density at radius 2 is 1.61 bits per heavy atom. The molecule has 5 nitrogen and oxygen atoms in total. The molecule has 0 aliphatic heterocycles. The van der Waals surface area contributed by atoms with Crippen LogP contribution in [-0.2, 0) is 6.61 Å². The zero-order chi connectivity index (χ0) is 16.1. The summed E-state index contributed by atoms with van der Waals surface area (Å²) < 4.78 is 11.1. The van der Waals surface area contributed by atoms with E-state index < -0.39 is 0 Å². The van der Waals surface area contributed by atoms with Crippen LogP contribution in [0.15, 0.2) is 60.7 Å². The molecule has 2 aromatic carbocycles. The summed E-state index contributed by atoms with van der Waals surface area (Å²) in [6.45, 7) is 0.491. The Morgan fingerprint density at radius 1 is 0.913 bits per heavy atom. The van der Waals surface area contributed by atoms with Crippen molar-refractivity contribution in [3.63, 3.8) is 0 Å². The Kier molecular flexibility index (Phi) is 4.59. The lowest BCUT2D eigenvalue weighted by molar-refractivity contribution is 0.305. The minimum Gasteiger partial charge on any atom is -0.503 e. The van der Waals surface area contributed by atoms with Crippen LogP contribution in [-0.4, -0.2) is 15.3 Å². The van der Waals surface area contributed by atoms with Gasteiger partial charge in [0, 0.05) is 6.07 Å². The van der Waals surface area contributed by atoms with Crippen molar-refractivity contribution in [2.45, 2.75) is 6.61 Å². The van der Waals surface area contributed by atoms with Crippen LogP contribution >= 0.6 is 11.6 Å². The largest absolute Gasteiger partial charge is 0.503 e. The monoisotopic (exact) mass is 328 g/mol. The van der Waals surface area contributed by atoms with Crippen LogP contribution in [0.2, 0.25) is 5.15 Å². The maximum Gasteiger partial charge on any atom is 0.281 e. The molecule has 1 heterocycles. The average Bonchev–Trinajstić information content (AvgIpc) is 2.58. The van der Waals surface area contributed by atoms with E-state index in [2.05, 4.69) is 10.2 Å². The number of aromatic hydroxyl groups is 1. The lowest BCUT2D eigenvalue weighted by Crippen LogP contribution is -1.95. The first-order valence-electron chi connectivity index (χ1n) is 6.87. The molecule has 3 rings (SSSR count). The summed E-state index contributed by atoms with van der Waals surface area (Å²) in [6, 6.07) is 18.2. The van der Waals surface area contributed by atoms with Crippen molar-refractivity contribution in [2.75, 3.05) is 0 Å². The number of nitrogens with zero attached hydrogens (tertiary/aromatic N) is 2. The first-order chi connectivity index (χ1) is 11.2. The molecule has 1 aromatic heterocycles. The van der Waals surface area contributed by atoms with Crippen LogP contribution in [0.1, 0.15) is 5.56 Å². The molecular formula is C17H13ClN2O3. The predicted octanol–water partition coefficient (Wildman–Crippen LogP) is 4.21. The lowest BCUT2D eigenvalue weighted by Gasteiger charge is -2.08. The summed E-state index contributed by atoms with van der Waals surface area (Å²) in [5.74, 6) is 1.04. The zero-order valence-electron chi connectivity index (χ0n) is 12.0. The predicted molar refractivity (Wildman–Crippen MR) is 86.0 cm³/mol. The Bertz CT molecular complexity index is 780. The minimum atomic E-state index is -0.172. The van der Waals surface area contributed by atoms with Gasteiger partial charge in [0.25, 0.3) is 5.88 Å². The van der Waals surface area contributed by atoms with Gasteiger partial charge >= 0.3 is 0 Å². The topological polar surface area (TPSA) is 64.5 Å². The van der Waals surface area contributed by atoms with Crippen molar-refractivity contribution in [1.82, 2.24) is 10.2 Å². The standard InChI is InChI=1S/C17H13ClN2O3/c18-16-10-15(21)17(20-19-16)23-14-8-6-13(7-9-14)22-11-12-4-2-1-3-5-12/h1-10H,11H2,(H,19,21). The van der Waals surface area contributed by atoms with Crippen LogP contribution in [0.25, 0.3) is 0 Å². The molecule has 0 atom stereocenters. The quantitative estimate of drug-likeness (QED) is 0.760. The second kappa shape index (κ2) is 6.98. The average molecular weight is 329 g/mol. The molecule has 1 N–H and O–H groups in total. The molecule has 0 saturated heterocycles.